The molecule has 1 aromatic carbocycles. The Kier molecular flexibility index (Phi) is 3.58. The minimum atomic E-state index is 0. The molecule has 8 heavy (non-hydrogen) atoms. The molecule has 1 rings (SSSR count). The van der Waals surface area contributed by atoms with Crippen molar-refractivity contribution in [3.05, 3.63) is 30.3 Å². The average Bonchev–Trinajstić information content (AvgIpc) is 1.69. The number of benzene rings is 1. The van der Waals surface area contributed by atoms with E-state index in [1.54, 1.807) is 24.3 Å². The third-order valence-corrected chi connectivity index (χ3v) is 0.756. The van der Waals surface area contributed by atoms with Gasteiger partial charge in [-0.05, 0) is 12.1 Å². The van der Waals surface area contributed by atoms with Crippen LogP contribution in [0, 0.1) is 0 Å². The molecule has 0 radical (unpaired) electrons. The van der Waals surface area contributed by atoms with Crippen LogP contribution in [0.4, 0.5) is 0 Å². The van der Waals surface area contributed by atoms with Crippen LogP contribution in [0.1, 0.15) is 1.43 Å². The molecule has 1 nitrogen and oxygen atoms in total. The first-order chi connectivity index (χ1) is 3.39. The Bertz CT molecular complexity index is 143. The molecule has 0 saturated heterocycles. The molecule has 0 spiro atoms. The molecule has 0 atom stereocenters. The number of phenols is 1. The van der Waals surface area contributed by atoms with Gasteiger partial charge in [0.25, 0.3) is 0 Å². The average molecular weight is 143 g/mol. The van der Waals surface area contributed by atoms with Crippen molar-refractivity contribution in [2.45, 2.75) is 0 Å². The molecule has 0 amide bonds. The summed E-state index contributed by atoms with van der Waals surface area (Å²) in [7, 11) is 0. The molecule has 0 heterocycles. The molecule has 0 saturated carbocycles. The van der Waals surface area contributed by atoms with Gasteiger partial charge in [0, 0.05) is 21.7 Å². The predicted octanol–water partition coefficient (Wildman–Crippen LogP) is 1.50. The van der Waals surface area contributed by atoms with Crippen molar-refractivity contribution >= 4 is 0 Å². The van der Waals surface area contributed by atoms with Gasteiger partial charge in [-0.2, -0.15) is 0 Å². The normalized spacial score (nSPS) is 7.50. The van der Waals surface area contributed by atoms with Crippen LogP contribution in [-0.2, 0) is 21.7 Å². The van der Waals surface area contributed by atoms with Crippen molar-refractivity contribution in [3.8, 4) is 5.75 Å². The Morgan fingerprint density at radius 1 is 1.12 bits per heavy atom. The third-order valence-electron chi connectivity index (χ3n) is 0.756. The van der Waals surface area contributed by atoms with E-state index in [0.717, 1.165) is 0 Å². The van der Waals surface area contributed by atoms with Crippen molar-refractivity contribution in [1.82, 2.24) is 0 Å². The van der Waals surface area contributed by atoms with E-state index in [4.69, 9.17) is 5.11 Å². The number of hydrogen-bond acceptors (Lipinski definition) is 1. The van der Waals surface area contributed by atoms with Crippen LogP contribution >= 0.6 is 0 Å². The zero-order valence-corrected chi connectivity index (χ0v) is 5.90. The van der Waals surface area contributed by atoms with Gasteiger partial charge in [0.2, 0.25) is 0 Å². The van der Waals surface area contributed by atoms with Crippen molar-refractivity contribution in [2.24, 2.45) is 0 Å². The van der Waals surface area contributed by atoms with E-state index >= 15 is 0 Å². The molecule has 2 heteroatoms. The van der Waals surface area contributed by atoms with E-state index in [0.29, 0.717) is 5.75 Å². The van der Waals surface area contributed by atoms with Gasteiger partial charge in [-0.25, -0.2) is 0 Å². The van der Waals surface area contributed by atoms with Gasteiger partial charge < -0.3 is 6.53 Å². The van der Waals surface area contributed by atoms with E-state index in [2.05, 4.69) is 0 Å². The second kappa shape index (κ2) is 3.70. The number of para-hydroxylation sites is 1. The van der Waals surface area contributed by atoms with E-state index in [9.17, 15) is 0 Å². The first-order valence-corrected chi connectivity index (χ1v) is 2.13. The zero-order valence-electron chi connectivity index (χ0n) is 5.33. The fraction of sp³-hybridized carbons (Fsp3) is 0. The van der Waals surface area contributed by atoms with Gasteiger partial charge >= 0.3 is 0 Å². The Balaban J connectivity index is 0. The van der Waals surface area contributed by atoms with Crippen molar-refractivity contribution in [3.63, 3.8) is 0 Å². The zero-order chi connectivity index (χ0) is 5.11. The maximum Gasteiger partial charge on any atom is 0.115 e. The largest absolute Gasteiger partial charge is 1.00 e. The van der Waals surface area contributed by atoms with Crippen molar-refractivity contribution in [1.29, 1.82) is 0 Å². The third kappa shape index (κ3) is 2.15. The molecule has 42 valence electrons. The molecular formula is C6H7OTi-. The molecular weight excluding hydrogens is 136 g/mol. The summed E-state index contributed by atoms with van der Waals surface area (Å²) in [6.07, 6.45) is 0. The molecule has 1 N–H and O–H groups in total. The molecule has 0 aliphatic rings. The summed E-state index contributed by atoms with van der Waals surface area (Å²) in [5.74, 6) is 0.322. The van der Waals surface area contributed by atoms with Crippen molar-refractivity contribution in [2.75, 3.05) is 0 Å². The molecule has 0 fully saturated rings. The number of aromatic hydroxyl groups is 1. The second-order valence-corrected chi connectivity index (χ2v) is 1.34. The topological polar surface area (TPSA) is 20.2 Å². The minimum Gasteiger partial charge on any atom is -1.00 e. The molecule has 0 unspecified atom stereocenters. The number of hydrogen-bond donors (Lipinski definition) is 1. The summed E-state index contributed by atoms with van der Waals surface area (Å²) in [5, 5.41) is 8.63. The number of phenolic OH excluding ortho intramolecular Hbond substituents is 1. The van der Waals surface area contributed by atoms with Crippen molar-refractivity contribution < 1.29 is 28.3 Å². The standard InChI is InChI=1S/C6H6O.Ti.H/c7-6-4-2-1-3-5-6;;/h1-5,7H;;/q;;-1. The summed E-state index contributed by atoms with van der Waals surface area (Å²) in [6.45, 7) is 0. The first kappa shape index (κ1) is 7.73. The monoisotopic (exact) mass is 143 g/mol. The second-order valence-electron chi connectivity index (χ2n) is 1.34. The van der Waals surface area contributed by atoms with Crippen LogP contribution in [0.25, 0.3) is 0 Å². The Hall–Kier alpha value is -0.266. The minimum absolute atomic E-state index is 0. The SMILES string of the molecule is Oc1ccccc1.[H-].[Ti]. The summed E-state index contributed by atoms with van der Waals surface area (Å²) in [5.41, 5.74) is 0. The van der Waals surface area contributed by atoms with Crippen LogP contribution in [-0.4, -0.2) is 5.11 Å². The first-order valence-electron chi connectivity index (χ1n) is 2.13. The summed E-state index contributed by atoms with van der Waals surface area (Å²) in [6, 6.07) is 8.71. The van der Waals surface area contributed by atoms with E-state index < -0.39 is 0 Å². The predicted molar refractivity (Wildman–Crippen MR) is 29.2 cm³/mol. The van der Waals surface area contributed by atoms with Crippen LogP contribution in [0.5, 0.6) is 5.75 Å². The molecule has 0 aliphatic carbocycles. The van der Waals surface area contributed by atoms with Gasteiger partial charge in [0.1, 0.15) is 5.75 Å². The van der Waals surface area contributed by atoms with E-state index in [-0.39, 0.29) is 23.1 Å². The summed E-state index contributed by atoms with van der Waals surface area (Å²) in [4.78, 5) is 0. The van der Waals surface area contributed by atoms with Gasteiger partial charge in [-0.3, -0.25) is 0 Å². The maximum atomic E-state index is 8.63. The number of rotatable bonds is 0. The fourth-order valence-corrected chi connectivity index (χ4v) is 0.428. The summed E-state index contributed by atoms with van der Waals surface area (Å²) < 4.78 is 0. The Labute approximate surface area is 64.7 Å². The molecule has 1 aromatic rings. The quantitative estimate of drug-likeness (QED) is 0.545. The van der Waals surface area contributed by atoms with Gasteiger partial charge in [0.15, 0.2) is 0 Å². The molecule has 0 aromatic heterocycles. The van der Waals surface area contributed by atoms with Gasteiger partial charge in [-0.1, -0.05) is 18.2 Å². The van der Waals surface area contributed by atoms with Gasteiger partial charge in [-0.15, -0.1) is 0 Å². The van der Waals surface area contributed by atoms with Crippen LogP contribution in [0.3, 0.4) is 0 Å². The van der Waals surface area contributed by atoms with Crippen LogP contribution in [0.15, 0.2) is 30.3 Å². The van der Waals surface area contributed by atoms with Crippen LogP contribution in [0.2, 0.25) is 0 Å². The Morgan fingerprint density at radius 2 is 1.62 bits per heavy atom. The fourth-order valence-electron chi connectivity index (χ4n) is 0.428. The van der Waals surface area contributed by atoms with Crippen LogP contribution < -0.4 is 0 Å². The smallest absolute Gasteiger partial charge is 0.115 e. The van der Waals surface area contributed by atoms with Gasteiger partial charge in [0.05, 0.1) is 0 Å². The summed E-state index contributed by atoms with van der Waals surface area (Å²) >= 11 is 0. The maximum absolute atomic E-state index is 8.63. The van der Waals surface area contributed by atoms with E-state index in [1.807, 2.05) is 6.07 Å². The molecule has 0 aliphatic heterocycles. The Morgan fingerprint density at radius 3 is 1.88 bits per heavy atom. The molecule has 0 bridgehead atoms. The van der Waals surface area contributed by atoms with E-state index in [1.165, 1.54) is 0 Å².